The Kier molecular flexibility index (Phi) is 7.04. The van der Waals surface area contributed by atoms with Crippen molar-refractivity contribution in [3.63, 3.8) is 0 Å². The summed E-state index contributed by atoms with van der Waals surface area (Å²) in [5.74, 6) is 0. The van der Waals surface area contributed by atoms with Gasteiger partial charge in [0.1, 0.15) is 0 Å². The molecule has 1 aromatic carbocycles. The van der Waals surface area contributed by atoms with Crippen molar-refractivity contribution in [1.29, 1.82) is 0 Å². The van der Waals surface area contributed by atoms with Crippen molar-refractivity contribution in [1.82, 2.24) is 10.0 Å². The Morgan fingerprint density at radius 2 is 1.94 bits per heavy atom. The Balaban J connectivity index is 0.00000256. The van der Waals surface area contributed by atoms with Gasteiger partial charge in [0, 0.05) is 18.1 Å². The average Bonchev–Trinajstić information content (AvgIpc) is 2.22. The number of sulfonamides is 1. The zero-order valence-electron chi connectivity index (χ0n) is 9.66. The van der Waals surface area contributed by atoms with Gasteiger partial charge in [-0.15, -0.1) is 12.4 Å². The number of hydrogen-bond donors (Lipinski definition) is 2. The fourth-order valence-corrected chi connectivity index (χ4v) is 2.79. The zero-order chi connectivity index (χ0) is 12.2. The van der Waals surface area contributed by atoms with E-state index in [0.29, 0.717) is 23.7 Å². The van der Waals surface area contributed by atoms with Crippen LogP contribution in [0.1, 0.15) is 5.56 Å². The molecular formula is C10H16Cl2N2O2S. The normalized spacial score (nSPS) is 11.0. The maximum atomic E-state index is 11.9. The summed E-state index contributed by atoms with van der Waals surface area (Å²) in [5, 5.41) is 3.28. The minimum absolute atomic E-state index is 0. The van der Waals surface area contributed by atoms with E-state index in [9.17, 15) is 8.42 Å². The number of benzene rings is 1. The van der Waals surface area contributed by atoms with Gasteiger partial charge in [0.2, 0.25) is 10.0 Å². The molecule has 0 heterocycles. The lowest BCUT2D eigenvalue weighted by atomic mass is 10.2. The largest absolute Gasteiger partial charge is 0.318 e. The molecule has 0 unspecified atom stereocenters. The van der Waals surface area contributed by atoms with Crippen LogP contribution in [0.2, 0.25) is 5.02 Å². The lowest BCUT2D eigenvalue weighted by molar-refractivity contribution is 0.579. The molecule has 0 aliphatic carbocycles. The summed E-state index contributed by atoms with van der Waals surface area (Å²) in [6, 6.07) is 4.82. The van der Waals surface area contributed by atoms with Crippen LogP contribution in [0.15, 0.2) is 23.1 Å². The van der Waals surface area contributed by atoms with Crippen LogP contribution in [0.25, 0.3) is 0 Å². The molecule has 0 radical (unpaired) electrons. The van der Waals surface area contributed by atoms with Gasteiger partial charge < -0.3 is 5.32 Å². The van der Waals surface area contributed by atoms with E-state index in [4.69, 9.17) is 11.6 Å². The van der Waals surface area contributed by atoms with Gasteiger partial charge >= 0.3 is 0 Å². The predicted molar refractivity (Wildman–Crippen MR) is 72.6 cm³/mol. The molecule has 17 heavy (non-hydrogen) atoms. The van der Waals surface area contributed by atoms with Gasteiger partial charge in [-0.25, -0.2) is 13.1 Å². The third kappa shape index (κ3) is 4.81. The smallest absolute Gasteiger partial charge is 0.240 e. The van der Waals surface area contributed by atoms with E-state index in [1.54, 1.807) is 26.1 Å². The minimum Gasteiger partial charge on any atom is -0.318 e. The lowest BCUT2D eigenvalue weighted by Crippen LogP contribution is -2.30. The van der Waals surface area contributed by atoms with Crippen molar-refractivity contribution < 1.29 is 8.42 Å². The first-order valence-corrected chi connectivity index (χ1v) is 6.74. The predicted octanol–water partition coefficient (Wildman–Crippen LogP) is 1.57. The summed E-state index contributed by atoms with van der Waals surface area (Å²) >= 11 is 5.78. The molecule has 1 rings (SSSR count). The van der Waals surface area contributed by atoms with E-state index >= 15 is 0 Å². The van der Waals surface area contributed by atoms with Gasteiger partial charge in [-0.3, -0.25) is 0 Å². The van der Waals surface area contributed by atoms with Crippen molar-refractivity contribution in [3.8, 4) is 0 Å². The zero-order valence-corrected chi connectivity index (χ0v) is 12.0. The van der Waals surface area contributed by atoms with E-state index in [1.165, 1.54) is 6.07 Å². The van der Waals surface area contributed by atoms with Crippen LogP contribution in [0.4, 0.5) is 0 Å². The molecule has 0 atom stereocenters. The average molecular weight is 299 g/mol. The van der Waals surface area contributed by atoms with Crippen molar-refractivity contribution in [3.05, 3.63) is 28.8 Å². The standard InChI is InChI=1S/C10H15ClN2O2S.ClH/c1-8-3-4-9(11)7-10(8)16(14,15)13-6-5-12-2;/h3-4,7,12-13H,5-6H2,1-2H3;1H. The molecule has 0 fully saturated rings. The van der Waals surface area contributed by atoms with Gasteiger partial charge in [0.05, 0.1) is 4.90 Å². The van der Waals surface area contributed by atoms with E-state index < -0.39 is 10.0 Å². The second-order valence-corrected chi connectivity index (χ2v) is 5.58. The number of hydrogen-bond acceptors (Lipinski definition) is 3. The monoisotopic (exact) mass is 298 g/mol. The molecule has 2 N–H and O–H groups in total. The molecule has 0 saturated heterocycles. The SMILES string of the molecule is CNCCNS(=O)(=O)c1cc(Cl)ccc1C.Cl. The van der Waals surface area contributed by atoms with E-state index in [2.05, 4.69) is 10.0 Å². The minimum atomic E-state index is -3.46. The fourth-order valence-electron chi connectivity index (χ4n) is 1.25. The van der Waals surface area contributed by atoms with Gasteiger partial charge in [0.15, 0.2) is 0 Å². The lowest BCUT2D eigenvalue weighted by Gasteiger charge is -2.09. The van der Waals surface area contributed by atoms with Crippen LogP contribution < -0.4 is 10.0 Å². The van der Waals surface area contributed by atoms with Crippen LogP contribution in [-0.2, 0) is 10.0 Å². The first-order valence-electron chi connectivity index (χ1n) is 4.88. The van der Waals surface area contributed by atoms with E-state index in [1.807, 2.05) is 0 Å². The Bertz CT molecular complexity index is 463. The highest BCUT2D eigenvalue weighted by atomic mass is 35.5. The number of rotatable bonds is 5. The maximum absolute atomic E-state index is 11.9. The molecule has 0 aliphatic rings. The van der Waals surface area contributed by atoms with Gasteiger partial charge in [-0.1, -0.05) is 17.7 Å². The maximum Gasteiger partial charge on any atom is 0.240 e. The molecule has 0 bridgehead atoms. The molecule has 4 nitrogen and oxygen atoms in total. The molecule has 0 saturated carbocycles. The van der Waals surface area contributed by atoms with Crippen LogP contribution in [0, 0.1) is 6.92 Å². The molecular weight excluding hydrogens is 283 g/mol. The Hall–Kier alpha value is -0.330. The van der Waals surface area contributed by atoms with Crippen LogP contribution in [0.5, 0.6) is 0 Å². The van der Waals surface area contributed by atoms with Crippen LogP contribution in [0.3, 0.4) is 0 Å². The number of nitrogens with one attached hydrogen (secondary N) is 2. The second kappa shape index (κ2) is 7.18. The first kappa shape index (κ1) is 16.7. The van der Waals surface area contributed by atoms with Crippen molar-refractivity contribution in [2.75, 3.05) is 20.1 Å². The Morgan fingerprint density at radius 3 is 2.53 bits per heavy atom. The molecule has 0 aliphatic heterocycles. The molecule has 0 aromatic heterocycles. The van der Waals surface area contributed by atoms with E-state index in [0.717, 1.165) is 0 Å². The molecule has 0 spiro atoms. The number of likely N-dealkylation sites (N-methyl/N-ethyl adjacent to an activating group) is 1. The van der Waals surface area contributed by atoms with Gasteiger partial charge in [-0.05, 0) is 31.7 Å². The van der Waals surface area contributed by atoms with Crippen molar-refractivity contribution in [2.24, 2.45) is 0 Å². The second-order valence-electron chi connectivity index (χ2n) is 3.41. The summed E-state index contributed by atoms with van der Waals surface area (Å²) in [4.78, 5) is 0.233. The number of halogens is 2. The van der Waals surface area contributed by atoms with Crippen molar-refractivity contribution >= 4 is 34.0 Å². The highest BCUT2D eigenvalue weighted by molar-refractivity contribution is 7.89. The molecule has 7 heteroatoms. The summed E-state index contributed by atoms with van der Waals surface area (Å²) in [6.45, 7) is 2.67. The highest BCUT2D eigenvalue weighted by Gasteiger charge is 2.16. The molecule has 0 amide bonds. The fraction of sp³-hybridized carbons (Fsp3) is 0.400. The quantitative estimate of drug-likeness (QED) is 0.811. The summed E-state index contributed by atoms with van der Waals surface area (Å²) in [5.41, 5.74) is 0.682. The Morgan fingerprint density at radius 1 is 1.29 bits per heavy atom. The summed E-state index contributed by atoms with van der Waals surface area (Å²) in [7, 11) is -1.70. The first-order chi connectivity index (χ1) is 7.47. The number of aryl methyl sites for hydroxylation is 1. The topological polar surface area (TPSA) is 58.2 Å². The molecule has 1 aromatic rings. The van der Waals surface area contributed by atoms with E-state index in [-0.39, 0.29) is 17.3 Å². The summed E-state index contributed by atoms with van der Waals surface area (Å²) in [6.07, 6.45) is 0. The Labute approximate surface area is 113 Å². The van der Waals surface area contributed by atoms with Crippen LogP contribution in [-0.4, -0.2) is 28.6 Å². The highest BCUT2D eigenvalue weighted by Crippen LogP contribution is 2.19. The van der Waals surface area contributed by atoms with Gasteiger partial charge in [-0.2, -0.15) is 0 Å². The van der Waals surface area contributed by atoms with Gasteiger partial charge in [0.25, 0.3) is 0 Å². The summed E-state index contributed by atoms with van der Waals surface area (Å²) < 4.78 is 26.3. The third-order valence-corrected chi connectivity index (χ3v) is 3.94. The van der Waals surface area contributed by atoms with Crippen molar-refractivity contribution in [2.45, 2.75) is 11.8 Å². The van der Waals surface area contributed by atoms with Crippen LogP contribution >= 0.6 is 24.0 Å². The molecule has 98 valence electrons. The third-order valence-electron chi connectivity index (χ3n) is 2.11.